The molecule has 0 saturated carbocycles. The van der Waals surface area contributed by atoms with E-state index in [1.807, 2.05) is 44.2 Å². The SMILES string of the molecule is CC(C)C(NS(=O)(=O)c1cccnc1Cl)c1ccccc1. The smallest absolute Gasteiger partial charge is 0.243 e. The Labute approximate surface area is 130 Å². The van der Waals surface area contributed by atoms with Crippen LogP contribution in [-0.2, 0) is 10.0 Å². The van der Waals surface area contributed by atoms with Gasteiger partial charge in [0, 0.05) is 12.2 Å². The summed E-state index contributed by atoms with van der Waals surface area (Å²) in [5.74, 6) is 0.0950. The van der Waals surface area contributed by atoms with Crippen molar-refractivity contribution in [3.63, 3.8) is 0 Å². The Balaban J connectivity index is 2.36. The molecule has 0 aliphatic rings. The van der Waals surface area contributed by atoms with Crippen molar-refractivity contribution in [2.45, 2.75) is 24.8 Å². The molecule has 1 atom stereocenters. The Kier molecular flexibility index (Phi) is 4.98. The predicted octanol–water partition coefficient (Wildman–Crippen LogP) is 3.41. The number of hydrogen-bond acceptors (Lipinski definition) is 3. The Hall–Kier alpha value is -1.43. The van der Waals surface area contributed by atoms with Crippen molar-refractivity contribution in [2.75, 3.05) is 0 Å². The third-order valence-electron chi connectivity index (χ3n) is 3.12. The predicted molar refractivity (Wildman–Crippen MR) is 83.6 cm³/mol. The zero-order chi connectivity index (χ0) is 15.5. The van der Waals surface area contributed by atoms with Crippen LogP contribution < -0.4 is 4.72 Å². The number of hydrogen-bond donors (Lipinski definition) is 1. The van der Waals surface area contributed by atoms with Gasteiger partial charge in [-0.05, 0) is 23.6 Å². The summed E-state index contributed by atoms with van der Waals surface area (Å²) in [6.45, 7) is 3.93. The molecule has 1 unspecified atom stereocenters. The Morgan fingerprint density at radius 1 is 1.10 bits per heavy atom. The maximum absolute atomic E-state index is 12.5. The minimum Gasteiger partial charge on any atom is -0.243 e. The highest BCUT2D eigenvalue weighted by atomic mass is 35.5. The second-order valence-corrected chi connectivity index (χ2v) is 7.09. The highest BCUT2D eigenvalue weighted by Crippen LogP contribution is 2.26. The maximum Gasteiger partial charge on any atom is 0.244 e. The first-order valence-corrected chi connectivity index (χ1v) is 8.45. The van der Waals surface area contributed by atoms with E-state index >= 15 is 0 Å². The van der Waals surface area contributed by atoms with Crippen LogP contribution in [-0.4, -0.2) is 13.4 Å². The molecule has 1 heterocycles. The van der Waals surface area contributed by atoms with Gasteiger partial charge in [0.05, 0.1) is 0 Å². The second kappa shape index (κ2) is 6.56. The summed E-state index contributed by atoms with van der Waals surface area (Å²) in [5.41, 5.74) is 0.913. The first kappa shape index (κ1) is 15.9. The second-order valence-electron chi connectivity index (χ2n) is 5.05. The Bertz CT molecular complexity index is 703. The fourth-order valence-electron chi connectivity index (χ4n) is 2.05. The summed E-state index contributed by atoms with van der Waals surface area (Å²) >= 11 is 5.89. The van der Waals surface area contributed by atoms with Gasteiger partial charge < -0.3 is 0 Å². The van der Waals surface area contributed by atoms with Crippen LogP contribution in [0.15, 0.2) is 53.6 Å². The Morgan fingerprint density at radius 3 is 2.33 bits per heavy atom. The molecule has 2 rings (SSSR count). The van der Waals surface area contributed by atoms with E-state index in [1.165, 1.54) is 12.3 Å². The standard InChI is InChI=1S/C15H17ClN2O2S/c1-11(2)14(12-7-4-3-5-8-12)18-21(19,20)13-9-6-10-17-15(13)16/h3-11,14,18H,1-2H3. The molecule has 0 bridgehead atoms. The number of rotatable bonds is 5. The van der Waals surface area contributed by atoms with Crippen LogP contribution in [0, 0.1) is 5.92 Å². The van der Waals surface area contributed by atoms with Crippen LogP contribution in [0.4, 0.5) is 0 Å². The maximum atomic E-state index is 12.5. The summed E-state index contributed by atoms with van der Waals surface area (Å²) in [6, 6.07) is 12.1. The zero-order valence-electron chi connectivity index (χ0n) is 11.8. The van der Waals surface area contributed by atoms with Crippen LogP contribution >= 0.6 is 11.6 Å². The lowest BCUT2D eigenvalue weighted by Crippen LogP contribution is -2.32. The molecular formula is C15H17ClN2O2S. The summed E-state index contributed by atoms with van der Waals surface area (Å²) in [6.07, 6.45) is 1.46. The van der Waals surface area contributed by atoms with E-state index in [1.54, 1.807) is 6.07 Å². The first-order chi connectivity index (χ1) is 9.92. The lowest BCUT2D eigenvalue weighted by atomic mass is 9.97. The molecule has 112 valence electrons. The monoisotopic (exact) mass is 324 g/mol. The van der Waals surface area contributed by atoms with Gasteiger partial charge in [-0.2, -0.15) is 0 Å². The molecule has 21 heavy (non-hydrogen) atoms. The quantitative estimate of drug-likeness (QED) is 0.857. The fraction of sp³-hybridized carbons (Fsp3) is 0.267. The molecule has 0 saturated heterocycles. The van der Waals surface area contributed by atoms with Crippen molar-refractivity contribution < 1.29 is 8.42 Å². The number of pyridine rings is 1. The van der Waals surface area contributed by atoms with Gasteiger partial charge in [-0.1, -0.05) is 55.8 Å². The van der Waals surface area contributed by atoms with Gasteiger partial charge in [0.25, 0.3) is 0 Å². The van der Waals surface area contributed by atoms with Crippen molar-refractivity contribution >= 4 is 21.6 Å². The van der Waals surface area contributed by atoms with Gasteiger partial charge in [-0.3, -0.25) is 0 Å². The van der Waals surface area contributed by atoms with Gasteiger partial charge in [-0.15, -0.1) is 0 Å². The van der Waals surface area contributed by atoms with Crippen LogP contribution in [0.25, 0.3) is 0 Å². The largest absolute Gasteiger partial charge is 0.244 e. The van der Waals surface area contributed by atoms with Crippen molar-refractivity contribution in [1.29, 1.82) is 0 Å². The summed E-state index contributed by atoms with van der Waals surface area (Å²) in [5, 5.41) is -0.0273. The van der Waals surface area contributed by atoms with Crippen molar-refractivity contribution in [1.82, 2.24) is 9.71 Å². The normalized spacial score (nSPS) is 13.3. The number of sulfonamides is 1. The number of nitrogens with zero attached hydrogens (tertiary/aromatic N) is 1. The number of benzene rings is 1. The molecule has 1 aromatic heterocycles. The van der Waals surface area contributed by atoms with Gasteiger partial charge in [0.1, 0.15) is 10.0 Å². The van der Waals surface area contributed by atoms with E-state index in [0.717, 1.165) is 5.56 Å². The van der Waals surface area contributed by atoms with E-state index in [2.05, 4.69) is 9.71 Å². The van der Waals surface area contributed by atoms with Crippen LogP contribution in [0.1, 0.15) is 25.5 Å². The minimum absolute atomic E-state index is 0.00625. The molecule has 0 aliphatic heterocycles. The Morgan fingerprint density at radius 2 is 1.76 bits per heavy atom. The third kappa shape index (κ3) is 3.81. The molecule has 0 fully saturated rings. The van der Waals surface area contributed by atoms with Gasteiger partial charge in [0.15, 0.2) is 0 Å². The molecular weight excluding hydrogens is 308 g/mol. The minimum atomic E-state index is -3.73. The number of aromatic nitrogens is 1. The summed E-state index contributed by atoms with van der Waals surface area (Å²) < 4.78 is 27.7. The van der Waals surface area contributed by atoms with E-state index in [-0.39, 0.29) is 22.0 Å². The molecule has 1 aromatic carbocycles. The highest BCUT2D eigenvalue weighted by molar-refractivity contribution is 7.89. The van der Waals surface area contributed by atoms with Crippen molar-refractivity contribution in [2.24, 2.45) is 5.92 Å². The molecule has 4 nitrogen and oxygen atoms in total. The average molecular weight is 325 g/mol. The zero-order valence-corrected chi connectivity index (χ0v) is 13.4. The van der Waals surface area contributed by atoms with Gasteiger partial charge >= 0.3 is 0 Å². The van der Waals surface area contributed by atoms with Crippen molar-refractivity contribution in [3.8, 4) is 0 Å². The lowest BCUT2D eigenvalue weighted by molar-refractivity contribution is 0.463. The van der Waals surface area contributed by atoms with Crippen molar-refractivity contribution in [3.05, 3.63) is 59.4 Å². The number of halogens is 1. The van der Waals surface area contributed by atoms with E-state index < -0.39 is 10.0 Å². The molecule has 6 heteroatoms. The molecule has 2 aromatic rings. The van der Waals surface area contributed by atoms with Gasteiger partial charge in [0.2, 0.25) is 10.0 Å². The topological polar surface area (TPSA) is 59.1 Å². The molecule has 0 amide bonds. The lowest BCUT2D eigenvalue weighted by Gasteiger charge is -2.23. The summed E-state index contributed by atoms with van der Waals surface area (Å²) in [7, 11) is -3.73. The average Bonchev–Trinajstić information content (AvgIpc) is 2.46. The van der Waals surface area contributed by atoms with E-state index in [4.69, 9.17) is 11.6 Å². The highest BCUT2D eigenvalue weighted by Gasteiger charge is 2.25. The van der Waals surface area contributed by atoms with E-state index in [0.29, 0.717) is 0 Å². The van der Waals surface area contributed by atoms with Crippen LogP contribution in [0.2, 0.25) is 5.15 Å². The fourth-order valence-corrected chi connectivity index (χ4v) is 3.88. The first-order valence-electron chi connectivity index (χ1n) is 6.59. The van der Waals surface area contributed by atoms with Crippen LogP contribution in [0.5, 0.6) is 0 Å². The molecule has 0 spiro atoms. The number of nitrogens with one attached hydrogen (secondary N) is 1. The third-order valence-corrected chi connectivity index (χ3v) is 5.01. The van der Waals surface area contributed by atoms with E-state index in [9.17, 15) is 8.42 Å². The molecule has 0 aliphatic carbocycles. The summed E-state index contributed by atoms with van der Waals surface area (Å²) in [4.78, 5) is 3.81. The van der Waals surface area contributed by atoms with Crippen LogP contribution in [0.3, 0.4) is 0 Å². The molecule has 0 radical (unpaired) electrons. The molecule has 1 N–H and O–H groups in total. The van der Waals surface area contributed by atoms with Gasteiger partial charge in [-0.25, -0.2) is 18.1 Å².